The van der Waals surface area contributed by atoms with Gasteiger partial charge in [-0.15, -0.1) is 0 Å². The molecule has 0 unspecified atom stereocenters. The second-order valence-electron chi connectivity index (χ2n) is 24.3. The van der Waals surface area contributed by atoms with E-state index in [2.05, 4.69) is 109 Å². The van der Waals surface area contributed by atoms with Crippen molar-refractivity contribution in [1.29, 1.82) is 0 Å². The number of methoxy groups -OCH3 is 4. The maximum atomic E-state index is 15.7. The van der Waals surface area contributed by atoms with E-state index < -0.39 is 52.6 Å². The second-order valence-corrected chi connectivity index (χ2v) is 33.8. The number of hydrogen-bond donors (Lipinski definition) is 1. The molecule has 0 aliphatic carbocycles. The van der Waals surface area contributed by atoms with Gasteiger partial charge in [-0.05, 0) is 77.6 Å². The summed E-state index contributed by atoms with van der Waals surface area (Å²) in [6.45, 7) is 21.9. The number of allylic oxidation sites excluding steroid dienone is 1. The summed E-state index contributed by atoms with van der Waals surface area (Å²) in [6.07, 6.45) is 7.60. The summed E-state index contributed by atoms with van der Waals surface area (Å²) in [7, 11) is 1.38. The van der Waals surface area contributed by atoms with Crippen LogP contribution < -0.4 is 33.6 Å². The highest BCUT2D eigenvalue weighted by Crippen LogP contribution is 2.49. The molecule has 2 aliphatic heterocycles. The van der Waals surface area contributed by atoms with Crippen LogP contribution in [0.4, 0.5) is 11.5 Å². The van der Waals surface area contributed by atoms with Crippen LogP contribution in [0, 0.1) is 0 Å². The molecule has 2 bridgehead atoms. The molecule has 1 saturated heterocycles. The molecule has 1 fully saturated rings. The Labute approximate surface area is 502 Å². The van der Waals surface area contributed by atoms with E-state index >= 15 is 4.79 Å². The predicted molar refractivity (Wildman–Crippen MR) is 336 cm³/mol. The minimum atomic E-state index is -2.63. The Hall–Kier alpha value is -7.37. The summed E-state index contributed by atoms with van der Waals surface area (Å²) in [5, 5.41) is 3.65. The normalized spacial score (nSPS) is 18.8. The molecule has 1 amide bonds. The van der Waals surface area contributed by atoms with E-state index in [4.69, 9.17) is 61.7 Å². The van der Waals surface area contributed by atoms with Crippen LogP contribution in [0.3, 0.4) is 0 Å². The molecule has 0 saturated carbocycles. The Kier molecular flexibility index (Phi) is 19.1. The molecular weight excluding hydrogens is 1110 g/mol. The number of anilines is 2. The van der Waals surface area contributed by atoms with Crippen LogP contribution in [-0.4, -0.2) is 109 Å². The summed E-state index contributed by atoms with van der Waals surface area (Å²) in [6, 6.07) is 38.5. The predicted octanol–water partition coefficient (Wildman–Crippen LogP) is 13.2. The third kappa shape index (κ3) is 13.1. The maximum Gasteiger partial charge on any atom is 0.251 e. The number of nitrogens with one attached hydrogen (secondary N) is 1. The van der Waals surface area contributed by atoms with Crippen LogP contribution >= 0.6 is 0 Å². The minimum Gasteiger partial charge on any atom is -0.543 e. The Morgan fingerprint density at radius 2 is 1.32 bits per heavy atom. The third-order valence-corrected chi connectivity index (χ3v) is 25.6. The van der Waals surface area contributed by atoms with Crippen LogP contribution in [0.1, 0.15) is 75.6 Å². The van der Waals surface area contributed by atoms with Crippen molar-refractivity contribution in [2.75, 3.05) is 58.8 Å². The van der Waals surface area contributed by atoms with E-state index in [-0.39, 0.29) is 43.2 Å². The van der Waals surface area contributed by atoms with Gasteiger partial charge in [0, 0.05) is 43.6 Å². The highest BCUT2D eigenvalue weighted by Gasteiger charge is 2.52. The van der Waals surface area contributed by atoms with Crippen molar-refractivity contribution >= 4 is 45.2 Å². The molecule has 4 atom stereocenters. The highest BCUT2D eigenvalue weighted by atomic mass is 28.4. The molecule has 2 aliphatic rings. The zero-order chi connectivity index (χ0) is 60.7. The van der Waals surface area contributed by atoms with Gasteiger partial charge >= 0.3 is 0 Å². The summed E-state index contributed by atoms with van der Waals surface area (Å²) in [5.41, 5.74) is 4.78. The molecule has 17 nitrogen and oxygen atoms in total. The van der Waals surface area contributed by atoms with Gasteiger partial charge in [-0.3, -0.25) is 9.36 Å². The van der Waals surface area contributed by atoms with Crippen LogP contribution in [0.15, 0.2) is 152 Å². The molecule has 4 heterocycles. The number of carbonyl (C=O) groups excluding carboxylic acids is 1. The van der Waals surface area contributed by atoms with Gasteiger partial charge in [-0.1, -0.05) is 145 Å². The SMILES string of the molecule is COCOc1cc2c(OCOC)c(c1OC)C/C=C/CO[C@H]1[C@@H](O[Si](C)(C)C(C)(C)C)[C@H](n3cnc4c(NC(c5ccccc5)(c5ccccc5)c5ccccc5)ncnc43)O[C@@H]1/C=C/C(=O)N2Cc1ccc(O[Si](C)(C)C(C)(C)C)cc1OC. The van der Waals surface area contributed by atoms with E-state index in [1.165, 1.54) is 20.3 Å². The van der Waals surface area contributed by atoms with Crippen molar-refractivity contribution in [2.45, 2.75) is 121 Å². The number of fused-ring (bicyclic) bond motifs is 4. The fraction of sp³-hybridized carbons (Fsp3) is 0.394. The largest absolute Gasteiger partial charge is 0.543 e. The molecule has 0 radical (unpaired) electrons. The first-order valence-corrected chi connectivity index (χ1v) is 34.5. The summed E-state index contributed by atoms with van der Waals surface area (Å²) >= 11 is 0. The average molecular weight is 1190 g/mol. The molecule has 19 heteroatoms. The fourth-order valence-electron chi connectivity index (χ4n) is 10.3. The first-order chi connectivity index (χ1) is 40.7. The van der Waals surface area contributed by atoms with E-state index in [1.54, 1.807) is 43.9 Å². The van der Waals surface area contributed by atoms with E-state index in [0.717, 1.165) is 16.7 Å². The Balaban J connectivity index is 1.18. The van der Waals surface area contributed by atoms with Crippen LogP contribution in [0.5, 0.6) is 28.7 Å². The second kappa shape index (κ2) is 26.1. The quantitative estimate of drug-likeness (QED) is 0.0331. The van der Waals surface area contributed by atoms with Gasteiger partial charge in [0.2, 0.25) is 8.32 Å². The number of benzene rings is 5. The average Bonchev–Trinajstić information content (AvgIpc) is 1.86. The smallest absolute Gasteiger partial charge is 0.251 e. The van der Waals surface area contributed by atoms with Gasteiger partial charge in [-0.25, -0.2) is 15.0 Å². The van der Waals surface area contributed by atoms with Gasteiger partial charge in [0.1, 0.15) is 41.7 Å². The number of amides is 1. The van der Waals surface area contributed by atoms with Gasteiger partial charge in [0.05, 0.1) is 39.4 Å². The van der Waals surface area contributed by atoms with Crippen molar-refractivity contribution in [3.8, 4) is 28.7 Å². The topological polar surface area (TPSA) is 168 Å². The van der Waals surface area contributed by atoms with Crippen molar-refractivity contribution in [1.82, 2.24) is 19.5 Å². The molecule has 1 N–H and O–H groups in total. The Morgan fingerprint density at radius 1 is 0.694 bits per heavy atom. The first-order valence-electron chi connectivity index (χ1n) is 28.7. The Bertz CT molecular complexity index is 3360. The summed E-state index contributed by atoms with van der Waals surface area (Å²) < 4.78 is 66.1. The molecule has 2 aromatic heterocycles. The Morgan fingerprint density at radius 3 is 1.91 bits per heavy atom. The molecule has 9 rings (SSSR count). The lowest BCUT2D eigenvalue weighted by Gasteiger charge is -2.40. The van der Waals surface area contributed by atoms with E-state index in [0.29, 0.717) is 62.5 Å². The molecule has 0 spiro atoms. The van der Waals surface area contributed by atoms with E-state index in [9.17, 15) is 0 Å². The zero-order valence-corrected chi connectivity index (χ0v) is 53.5. The van der Waals surface area contributed by atoms with Crippen molar-refractivity contribution in [3.63, 3.8) is 0 Å². The number of imidazole rings is 1. The lowest BCUT2D eigenvalue weighted by molar-refractivity contribution is -0.114. The van der Waals surface area contributed by atoms with Gasteiger partial charge in [0.25, 0.3) is 5.91 Å². The first kappa shape index (κ1) is 62.2. The fourth-order valence-corrected chi connectivity index (χ4v) is 12.6. The van der Waals surface area contributed by atoms with E-state index in [1.807, 2.05) is 89.5 Å². The molecule has 450 valence electrons. The molecule has 85 heavy (non-hydrogen) atoms. The number of carbonyl (C=O) groups is 1. The maximum absolute atomic E-state index is 15.7. The molecular formula is C66H82N6O11Si2. The molecule has 7 aromatic rings. The zero-order valence-electron chi connectivity index (χ0n) is 51.5. The van der Waals surface area contributed by atoms with Gasteiger partial charge < -0.3 is 57.0 Å². The van der Waals surface area contributed by atoms with Crippen molar-refractivity contribution in [2.24, 2.45) is 0 Å². The number of ether oxygens (including phenoxy) is 8. The summed E-state index contributed by atoms with van der Waals surface area (Å²) in [4.78, 5) is 32.2. The monoisotopic (exact) mass is 1190 g/mol. The van der Waals surface area contributed by atoms with Gasteiger partial charge in [-0.2, -0.15) is 0 Å². The number of hydrogen-bond acceptors (Lipinski definition) is 15. The number of nitrogens with zero attached hydrogens (tertiary/aromatic N) is 5. The standard InChI is InChI=1S/C66H82N6O11Si2/c1-64(2,3)84(11,12)82-49-34-33-45(53(38-49)76-9)40-71-51-39-54(79-43-74-7)58(77-10)50(57(51)80-44-75-8)32-24-25-37-78-59-52(35-36-55(71)73)81-63(60(59)83-85(13,14)65(4,5)6)72-42-69-56-61(67-41-68-62(56)72)70-66(46-26-18-15-19-27-46,47-28-20-16-21-29-47)48-30-22-17-23-31-48/h15-31,33-36,38-39,41-42,52,59-60,63H,32,37,40,43-44H2,1-14H3,(H,67,68,70)/b25-24+,36-35+/t52-,59-,60-,63-/m1/s1. The number of rotatable bonds is 20. The van der Waals surface area contributed by atoms with Crippen LogP contribution in [0.2, 0.25) is 36.3 Å². The van der Waals surface area contributed by atoms with Gasteiger partial charge in [0.15, 0.2) is 62.4 Å². The summed E-state index contributed by atoms with van der Waals surface area (Å²) in [5.74, 6) is 2.36. The third-order valence-electron chi connectivity index (χ3n) is 16.8. The lowest BCUT2D eigenvalue weighted by Crippen LogP contribution is -2.49. The van der Waals surface area contributed by atoms with Crippen LogP contribution in [0.25, 0.3) is 11.2 Å². The van der Waals surface area contributed by atoms with Crippen LogP contribution in [-0.2, 0) is 46.7 Å². The number of aromatic nitrogens is 4. The van der Waals surface area contributed by atoms with Crippen molar-refractivity contribution < 1.29 is 51.5 Å². The highest BCUT2D eigenvalue weighted by molar-refractivity contribution is 6.75. The minimum absolute atomic E-state index is 0.0176. The van der Waals surface area contributed by atoms with Crippen molar-refractivity contribution in [3.05, 3.63) is 180 Å². The lowest BCUT2D eigenvalue weighted by atomic mass is 9.77. The molecule has 5 aromatic carbocycles.